The lowest BCUT2D eigenvalue weighted by atomic mass is 9.64. The molecule has 1 saturated heterocycles. The van der Waals surface area contributed by atoms with Crippen LogP contribution in [0.25, 0.3) is 0 Å². The van der Waals surface area contributed by atoms with Gasteiger partial charge in [-0.15, -0.1) is 0 Å². The Labute approximate surface area is 169 Å². The summed E-state index contributed by atoms with van der Waals surface area (Å²) in [5.74, 6) is -0.646. The molecule has 1 aromatic carbocycles. The van der Waals surface area contributed by atoms with Gasteiger partial charge < -0.3 is 10.6 Å². The molecule has 1 saturated carbocycles. The lowest BCUT2D eigenvalue weighted by Crippen LogP contribution is -2.54. The first-order valence-electron chi connectivity index (χ1n) is 9.19. The van der Waals surface area contributed by atoms with Crippen molar-refractivity contribution in [3.8, 4) is 6.07 Å². The largest absolute Gasteiger partial charge is 0.325 e. The summed E-state index contributed by atoms with van der Waals surface area (Å²) in [6.45, 7) is 5.82. The van der Waals surface area contributed by atoms with Crippen molar-refractivity contribution in [1.29, 1.82) is 5.26 Å². The first kappa shape index (κ1) is 20.2. The summed E-state index contributed by atoms with van der Waals surface area (Å²) in [5.41, 5.74) is -0.545. The fourth-order valence-electron chi connectivity index (χ4n) is 4.70. The van der Waals surface area contributed by atoms with Crippen LogP contribution in [-0.4, -0.2) is 34.8 Å². The minimum atomic E-state index is -0.952. The number of hydrogen-bond donors (Lipinski definition) is 2. The third-order valence-corrected chi connectivity index (χ3v) is 5.54. The molecule has 4 amide bonds. The van der Waals surface area contributed by atoms with Gasteiger partial charge in [-0.05, 0) is 48.8 Å². The number of halogens is 1. The van der Waals surface area contributed by atoms with E-state index in [9.17, 15) is 14.4 Å². The zero-order chi connectivity index (χ0) is 20.7. The van der Waals surface area contributed by atoms with E-state index in [1.165, 1.54) is 12.1 Å². The standard InChI is InChI=1S/C20H23ClN4O3/c1-12-7-19(2,3)11-20(8-12)17(27)25(18(28)24-20)10-16(26)23-15-6-14(21)5-4-13(15)9-22/h4-6,12H,7-8,10-11H2,1-3H3,(H,23,26)(H,24,28). The van der Waals surface area contributed by atoms with Crippen LogP contribution in [0.1, 0.15) is 45.6 Å². The van der Waals surface area contributed by atoms with Gasteiger partial charge >= 0.3 is 6.03 Å². The van der Waals surface area contributed by atoms with Crippen molar-refractivity contribution in [3.05, 3.63) is 28.8 Å². The summed E-state index contributed by atoms with van der Waals surface area (Å²) < 4.78 is 0. The first-order chi connectivity index (χ1) is 13.0. The van der Waals surface area contributed by atoms with E-state index < -0.39 is 24.0 Å². The van der Waals surface area contributed by atoms with E-state index in [1.807, 2.05) is 6.07 Å². The van der Waals surface area contributed by atoms with Gasteiger partial charge in [0.2, 0.25) is 5.91 Å². The number of carbonyl (C=O) groups excluding carboxylic acids is 3. The molecule has 2 aliphatic rings. The Morgan fingerprint density at radius 2 is 2.11 bits per heavy atom. The van der Waals surface area contributed by atoms with Crippen LogP contribution in [0.3, 0.4) is 0 Å². The van der Waals surface area contributed by atoms with E-state index in [-0.39, 0.29) is 28.5 Å². The molecule has 2 fully saturated rings. The van der Waals surface area contributed by atoms with Crippen LogP contribution >= 0.6 is 11.6 Å². The van der Waals surface area contributed by atoms with Gasteiger partial charge in [0.05, 0.1) is 11.3 Å². The highest BCUT2D eigenvalue weighted by atomic mass is 35.5. The predicted octanol–water partition coefficient (Wildman–Crippen LogP) is 3.29. The van der Waals surface area contributed by atoms with Crippen molar-refractivity contribution in [2.75, 3.05) is 11.9 Å². The molecule has 2 unspecified atom stereocenters. The second-order valence-electron chi connectivity index (χ2n) is 8.61. The smallest absolute Gasteiger partial charge is 0.323 e. The highest BCUT2D eigenvalue weighted by molar-refractivity contribution is 6.31. The molecule has 8 heteroatoms. The van der Waals surface area contributed by atoms with Gasteiger partial charge in [-0.3, -0.25) is 14.5 Å². The minimum absolute atomic E-state index is 0.0820. The summed E-state index contributed by atoms with van der Waals surface area (Å²) in [4.78, 5) is 39.0. The first-order valence-corrected chi connectivity index (χ1v) is 9.57. The maximum absolute atomic E-state index is 13.1. The SMILES string of the molecule is CC1CC(C)(C)CC2(C1)NC(=O)N(CC(=O)Nc1cc(Cl)ccc1C#N)C2=O. The van der Waals surface area contributed by atoms with E-state index in [1.54, 1.807) is 6.07 Å². The molecule has 3 rings (SSSR count). The van der Waals surface area contributed by atoms with E-state index in [2.05, 4.69) is 31.4 Å². The Morgan fingerprint density at radius 1 is 1.39 bits per heavy atom. The number of anilines is 1. The summed E-state index contributed by atoms with van der Waals surface area (Å²) in [7, 11) is 0. The van der Waals surface area contributed by atoms with Crippen LogP contribution in [0, 0.1) is 22.7 Å². The maximum Gasteiger partial charge on any atom is 0.325 e. The van der Waals surface area contributed by atoms with Crippen LogP contribution in [0.2, 0.25) is 5.02 Å². The third kappa shape index (κ3) is 3.83. The maximum atomic E-state index is 13.1. The van der Waals surface area contributed by atoms with E-state index in [4.69, 9.17) is 16.9 Å². The van der Waals surface area contributed by atoms with E-state index >= 15 is 0 Å². The molecule has 1 aliphatic carbocycles. The number of rotatable bonds is 3. The Kier molecular flexibility index (Phi) is 5.11. The van der Waals surface area contributed by atoms with Gasteiger partial charge in [-0.1, -0.05) is 32.4 Å². The third-order valence-electron chi connectivity index (χ3n) is 5.30. The van der Waals surface area contributed by atoms with Crippen LogP contribution in [0.4, 0.5) is 10.5 Å². The molecule has 0 aromatic heterocycles. The van der Waals surface area contributed by atoms with Crippen molar-refractivity contribution in [2.24, 2.45) is 11.3 Å². The monoisotopic (exact) mass is 402 g/mol. The fraction of sp³-hybridized carbons (Fsp3) is 0.500. The molecule has 2 atom stereocenters. The van der Waals surface area contributed by atoms with Crippen molar-refractivity contribution in [3.63, 3.8) is 0 Å². The molecule has 1 heterocycles. The highest BCUT2D eigenvalue weighted by Gasteiger charge is 2.56. The number of carbonyl (C=O) groups is 3. The van der Waals surface area contributed by atoms with Crippen LogP contribution in [0.15, 0.2) is 18.2 Å². The van der Waals surface area contributed by atoms with Crippen molar-refractivity contribution >= 4 is 35.1 Å². The molecule has 2 N–H and O–H groups in total. The lowest BCUT2D eigenvalue weighted by Gasteiger charge is -2.43. The summed E-state index contributed by atoms with van der Waals surface area (Å²) in [5, 5.41) is 14.9. The minimum Gasteiger partial charge on any atom is -0.323 e. The molecule has 1 spiro atoms. The Morgan fingerprint density at radius 3 is 2.75 bits per heavy atom. The number of hydrogen-bond acceptors (Lipinski definition) is 4. The van der Waals surface area contributed by atoms with Gasteiger partial charge in [0.25, 0.3) is 5.91 Å². The number of nitrogens with zero attached hydrogens (tertiary/aromatic N) is 2. The number of imide groups is 1. The molecular formula is C20H23ClN4O3. The second-order valence-corrected chi connectivity index (χ2v) is 9.04. The van der Waals surface area contributed by atoms with Gasteiger partial charge in [0.1, 0.15) is 18.2 Å². The van der Waals surface area contributed by atoms with E-state index in [0.29, 0.717) is 17.9 Å². The highest BCUT2D eigenvalue weighted by Crippen LogP contribution is 2.46. The molecule has 0 radical (unpaired) electrons. The van der Waals surface area contributed by atoms with Crippen LogP contribution in [-0.2, 0) is 9.59 Å². The molecule has 148 valence electrons. The topological polar surface area (TPSA) is 102 Å². The summed E-state index contributed by atoms with van der Waals surface area (Å²) in [6, 6.07) is 5.90. The van der Waals surface area contributed by atoms with Gasteiger partial charge in [-0.25, -0.2) is 4.79 Å². The van der Waals surface area contributed by atoms with E-state index in [0.717, 1.165) is 11.3 Å². The molecule has 1 aromatic rings. The van der Waals surface area contributed by atoms with Gasteiger partial charge in [0, 0.05) is 5.02 Å². The van der Waals surface area contributed by atoms with Crippen molar-refractivity contribution in [2.45, 2.75) is 45.6 Å². The summed E-state index contributed by atoms with van der Waals surface area (Å²) in [6.07, 6.45) is 2.08. The van der Waals surface area contributed by atoms with Crippen molar-refractivity contribution < 1.29 is 14.4 Å². The molecule has 28 heavy (non-hydrogen) atoms. The number of urea groups is 1. The zero-order valence-electron chi connectivity index (χ0n) is 16.1. The number of amides is 4. The fourth-order valence-corrected chi connectivity index (χ4v) is 4.87. The number of benzene rings is 1. The quantitative estimate of drug-likeness (QED) is 0.757. The van der Waals surface area contributed by atoms with Crippen LogP contribution in [0.5, 0.6) is 0 Å². The number of nitrogens with one attached hydrogen (secondary N) is 2. The number of nitriles is 1. The van der Waals surface area contributed by atoms with Gasteiger partial charge in [0.15, 0.2) is 0 Å². The second kappa shape index (κ2) is 7.10. The molecule has 1 aliphatic heterocycles. The zero-order valence-corrected chi connectivity index (χ0v) is 16.9. The average molecular weight is 403 g/mol. The molecule has 0 bridgehead atoms. The summed E-state index contributed by atoms with van der Waals surface area (Å²) >= 11 is 5.92. The Balaban J connectivity index is 1.76. The predicted molar refractivity (Wildman–Crippen MR) is 105 cm³/mol. The van der Waals surface area contributed by atoms with Gasteiger partial charge in [-0.2, -0.15) is 5.26 Å². The Hall–Kier alpha value is -2.59. The normalized spacial score (nSPS) is 26.1. The van der Waals surface area contributed by atoms with Crippen LogP contribution < -0.4 is 10.6 Å². The molecule has 7 nitrogen and oxygen atoms in total. The Bertz CT molecular complexity index is 892. The lowest BCUT2D eigenvalue weighted by molar-refractivity contribution is -0.136. The molecular weight excluding hydrogens is 380 g/mol. The van der Waals surface area contributed by atoms with Crippen molar-refractivity contribution in [1.82, 2.24) is 10.2 Å². The average Bonchev–Trinajstić information content (AvgIpc) is 2.76.